The van der Waals surface area contributed by atoms with Gasteiger partial charge < -0.3 is 0 Å². The standard InChI is InChI=1S/C9H14O/c1-6(10)7-8(2,3)9(7)4-5-9/h7H,4-5H2,1-3H3. The van der Waals surface area contributed by atoms with E-state index in [1.54, 1.807) is 6.92 Å². The Morgan fingerprint density at radius 3 is 2.00 bits per heavy atom. The molecule has 0 aliphatic heterocycles. The summed E-state index contributed by atoms with van der Waals surface area (Å²) in [6, 6.07) is 0. The number of hydrogen-bond donors (Lipinski definition) is 0. The maximum absolute atomic E-state index is 11.1. The normalized spacial score (nSPS) is 37.7. The summed E-state index contributed by atoms with van der Waals surface area (Å²) in [6.07, 6.45) is 2.59. The molecule has 0 bridgehead atoms. The summed E-state index contributed by atoms with van der Waals surface area (Å²) < 4.78 is 0. The summed E-state index contributed by atoms with van der Waals surface area (Å²) in [4.78, 5) is 11.1. The zero-order valence-corrected chi connectivity index (χ0v) is 6.90. The van der Waals surface area contributed by atoms with Gasteiger partial charge in [0.15, 0.2) is 0 Å². The second kappa shape index (κ2) is 1.32. The molecule has 2 rings (SSSR count). The molecule has 1 spiro atoms. The highest BCUT2D eigenvalue weighted by Gasteiger charge is 2.78. The topological polar surface area (TPSA) is 17.1 Å². The number of carbonyl (C=O) groups excluding carboxylic acids is 1. The van der Waals surface area contributed by atoms with E-state index < -0.39 is 0 Å². The van der Waals surface area contributed by atoms with Gasteiger partial charge >= 0.3 is 0 Å². The summed E-state index contributed by atoms with van der Waals surface area (Å²) in [5, 5.41) is 0. The molecule has 0 radical (unpaired) electrons. The van der Waals surface area contributed by atoms with Crippen LogP contribution in [0.2, 0.25) is 0 Å². The number of Topliss-reactive ketones (excluding diaryl/α,β-unsaturated/α-hetero) is 1. The van der Waals surface area contributed by atoms with E-state index in [9.17, 15) is 4.79 Å². The van der Waals surface area contributed by atoms with Crippen LogP contribution in [0.1, 0.15) is 33.6 Å². The van der Waals surface area contributed by atoms with Crippen LogP contribution in [0.25, 0.3) is 0 Å². The molecule has 0 aromatic carbocycles. The van der Waals surface area contributed by atoms with Gasteiger partial charge in [-0.2, -0.15) is 0 Å². The van der Waals surface area contributed by atoms with Gasteiger partial charge in [0.1, 0.15) is 5.78 Å². The molecule has 0 heterocycles. The fourth-order valence-electron chi connectivity index (χ4n) is 2.91. The van der Waals surface area contributed by atoms with Crippen molar-refractivity contribution in [1.82, 2.24) is 0 Å². The third-order valence-electron chi connectivity index (χ3n) is 3.67. The Morgan fingerprint density at radius 1 is 1.40 bits per heavy atom. The van der Waals surface area contributed by atoms with Crippen molar-refractivity contribution in [3.63, 3.8) is 0 Å². The Bertz CT molecular complexity index is 195. The molecule has 0 aromatic heterocycles. The molecule has 0 N–H and O–H groups in total. The Labute approximate surface area is 61.8 Å². The zero-order chi connectivity index (χ0) is 7.57. The summed E-state index contributed by atoms with van der Waals surface area (Å²) >= 11 is 0. The molecule has 1 heteroatoms. The van der Waals surface area contributed by atoms with Crippen LogP contribution in [0.5, 0.6) is 0 Å². The van der Waals surface area contributed by atoms with Crippen molar-refractivity contribution in [1.29, 1.82) is 0 Å². The predicted molar refractivity (Wildman–Crippen MR) is 39.6 cm³/mol. The molecular formula is C9H14O. The molecule has 2 saturated carbocycles. The molecule has 1 unspecified atom stereocenters. The summed E-state index contributed by atoms with van der Waals surface area (Å²) in [5.74, 6) is 0.808. The van der Waals surface area contributed by atoms with Crippen LogP contribution in [0.4, 0.5) is 0 Å². The first-order chi connectivity index (χ1) is 4.52. The highest BCUT2D eigenvalue weighted by atomic mass is 16.1. The lowest BCUT2D eigenvalue weighted by molar-refractivity contribution is -0.119. The summed E-state index contributed by atoms with van der Waals surface area (Å²) in [6.45, 7) is 6.19. The molecule has 0 aromatic rings. The van der Waals surface area contributed by atoms with Gasteiger partial charge in [0.2, 0.25) is 0 Å². The van der Waals surface area contributed by atoms with E-state index in [1.807, 2.05) is 0 Å². The molecule has 10 heavy (non-hydrogen) atoms. The van der Waals surface area contributed by atoms with Crippen LogP contribution in [-0.2, 0) is 4.79 Å². The first kappa shape index (κ1) is 6.38. The second-order valence-corrected chi connectivity index (χ2v) is 4.42. The van der Waals surface area contributed by atoms with Crippen molar-refractivity contribution in [2.24, 2.45) is 16.7 Å². The maximum atomic E-state index is 11.1. The number of ketones is 1. The minimum atomic E-state index is 0.346. The van der Waals surface area contributed by atoms with Crippen molar-refractivity contribution >= 4 is 5.78 Å². The van der Waals surface area contributed by atoms with E-state index in [4.69, 9.17) is 0 Å². The van der Waals surface area contributed by atoms with Gasteiger partial charge in [-0.25, -0.2) is 0 Å². The summed E-state index contributed by atoms with van der Waals surface area (Å²) in [7, 11) is 0. The van der Waals surface area contributed by atoms with Gasteiger partial charge in [0.05, 0.1) is 0 Å². The maximum Gasteiger partial charge on any atom is 0.134 e. The van der Waals surface area contributed by atoms with Crippen LogP contribution in [-0.4, -0.2) is 5.78 Å². The number of rotatable bonds is 1. The van der Waals surface area contributed by atoms with E-state index in [-0.39, 0.29) is 0 Å². The summed E-state index contributed by atoms with van der Waals surface area (Å²) in [5.41, 5.74) is 0.831. The average Bonchev–Trinajstić information content (AvgIpc) is 2.51. The lowest BCUT2D eigenvalue weighted by Crippen LogP contribution is -1.99. The number of carbonyl (C=O) groups is 1. The lowest BCUT2D eigenvalue weighted by atomic mass is 10.1. The Morgan fingerprint density at radius 2 is 1.90 bits per heavy atom. The van der Waals surface area contributed by atoms with E-state index in [0.717, 1.165) is 0 Å². The molecule has 56 valence electrons. The fraction of sp³-hybridized carbons (Fsp3) is 0.889. The van der Waals surface area contributed by atoms with Crippen molar-refractivity contribution in [3.8, 4) is 0 Å². The monoisotopic (exact) mass is 138 g/mol. The highest BCUT2D eigenvalue weighted by Crippen LogP contribution is 2.82. The Balaban J connectivity index is 2.23. The minimum Gasteiger partial charge on any atom is -0.300 e. The van der Waals surface area contributed by atoms with Gasteiger partial charge in [-0.3, -0.25) is 4.79 Å². The smallest absolute Gasteiger partial charge is 0.134 e. The van der Waals surface area contributed by atoms with E-state index in [0.29, 0.717) is 22.5 Å². The van der Waals surface area contributed by atoms with E-state index >= 15 is 0 Å². The van der Waals surface area contributed by atoms with Gasteiger partial charge in [-0.05, 0) is 30.6 Å². The first-order valence-corrected chi connectivity index (χ1v) is 4.03. The second-order valence-electron chi connectivity index (χ2n) is 4.42. The predicted octanol–water partition coefficient (Wildman–Crippen LogP) is 2.01. The molecule has 2 fully saturated rings. The van der Waals surface area contributed by atoms with Crippen LogP contribution in [0, 0.1) is 16.7 Å². The van der Waals surface area contributed by atoms with Gasteiger partial charge in [-0.1, -0.05) is 13.8 Å². The van der Waals surface area contributed by atoms with Gasteiger partial charge in [0.25, 0.3) is 0 Å². The average molecular weight is 138 g/mol. The van der Waals surface area contributed by atoms with Crippen LogP contribution in [0.15, 0.2) is 0 Å². The quantitative estimate of drug-likeness (QED) is 0.541. The van der Waals surface area contributed by atoms with Crippen molar-refractivity contribution in [2.45, 2.75) is 33.6 Å². The van der Waals surface area contributed by atoms with Crippen molar-refractivity contribution in [2.75, 3.05) is 0 Å². The van der Waals surface area contributed by atoms with Gasteiger partial charge in [0, 0.05) is 5.92 Å². The minimum absolute atomic E-state index is 0.346. The van der Waals surface area contributed by atoms with Gasteiger partial charge in [-0.15, -0.1) is 0 Å². The fourth-order valence-corrected chi connectivity index (χ4v) is 2.91. The molecule has 1 nitrogen and oxygen atoms in total. The van der Waals surface area contributed by atoms with Crippen molar-refractivity contribution < 1.29 is 4.79 Å². The zero-order valence-electron chi connectivity index (χ0n) is 6.90. The molecular weight excluding hydrogens is 124 g/mol. The first-order valence-electron chi connectivity index (χ1n) is 4.03. The Kier molecular flexibility index (Phi) is 0.842. The lowest BCUT2D eigenvalue weighted by Gasteiger charge is -1.96. The third kappa shape index (κ3) is 0.446. The molecule has 0 amide bonds. The Hall–Kier alpha value is -0.330. The SMILES string of the molecule is CC(=O)C1C(C)(C)C12CC2. The van der Waals surface area contributed by atoms with Crippen LogP contribution >= 0.6 is 0 Å². The molecule has 1 atom stereocenters. The third-order valence-corrected chi connectivity index (χ3v) is 3.67. The van der Waals surface area contributed by atoms with Crippen LogP contribution in [0.3, 0.4) is 0 Å². The van der Waals surface area contributed by atoms with E-state index in [1.165, 1.54) is 12.8 Å². The molecule has 0 saturated heterocycles. The van der Waals surface area contributed by atoms with Crippen LogP contribution < -0.4 is 0 Å². The van der Waals surface area contributed by atoms with Crippen molar-refractivity contribution in [3.05, 3.63) is 0 Å². The molecule has 2 aliphatic carbocycles. The largest absolute Gasteiger partial charge is 0.300 e. The molecule has 2 aliphatic rings. The number of hydrogen-bond acceptors (Lipinski definition) is 1. The highest BCUT2D eigenvalue weighted by molar-refractivity contribution is 5.85. The van der Waals surface area contributed by atoms with E-state index in [2.05, 4.69) is 13.8 Å².